The highest BCUT2D eigenvalue weighted by Gasteiger charge is 2.25. The van der Waals surface area contributed by atoms with Crippen molar-refractivity contribution in [3.63, 3.8) is 0 Å². The van der Waals surface area contributed by atoms with E-state index in [-0.39, 0.29) is 34.9 Å². The van der Waals surface area contributed by atoms with E-state index in [0.29, 0.717) is 19.3 Å². The van der Waals surface area contributed by atoms with Crippen molar-refractivity contribution in [2.75, 3.05) is 7.05 Å². The predicted molar refractivity (Wildman–Crippen MR) is 155 cm³/mol. The van der Waals surface area contributed by atoms with Crippen molar-refractivity contribution in [1.82, 2.24) is 20.0 Å². The number of benzene rings is 2. The third-order valence-electron chi connectivity index (χ3n) is 7.07. The highest BCUT2D eigenvalue weighted by atomic mass is 32.1. The van der Waals surface area contributed by atoms with Gasteiger partial charge in [0.1, 0.15) is 5.78 Å². The van der Waals surface area contributed by atoms with Crippen LogP contribution in [0.5, 0.6) is 0 Å². The largest absolute Gasteiger partial charge is 0.310 e. The van der Waals surface area contributed by atoms with E-state index in [9.17, 15) is 9.59 Å². The van der Waals surface area contributed by atoms with Crippen LogP contribution in [0.25, 0.3) is 21.8 Å². The van der Waals surface area contributed by atoms with Crippen LogP contribution in [-0.2, 0) is 22.4 Å². The number of fused-ring (bicyclic) bond motifs is 2. The number of carbonyl (C=O) groups excluding carboxylic acids is 2. The first-order valence-electron chi connectivity index (χ1n) is 13.1. The van der Waals surface area contributed by atoms with E-state index in [1.54, 1.807) is 0 Å². The summed E-state index contributed by atoms with van der Waals surface area (Å²) in [6.45, 7) is 7.74. The first-order valence-corrected chi connectivity index (χ1v) is 13.6. The zero-order valence-electron chi connectivity index (χ0n) is 22.4. The summed E-state index contributed by atoms with van der Waals surface area (Å²) in [6, 6.07) is 16.1. The van der Waals surface area contributed by atoms with E-state index in [1.165, 1.54) is 0 Å². The van der Waals surface area contributed by atoms with Gasteiger partial charge in [-0.3, -0.25) is 24.3 Å². The molecule has 7 heteroatoms. The average molecular weight is 519 g/mol. The number of nitrogens with zero attached hydrogens (tertiary/aromatic N) is 2. The van der Waals surface area contributed by atoms with Crippen molar-refractivity contribution in [3.05, 3.63) is 72.1 Å². The van der Waals surface area contributed by atoms with Crippen LogP contribution in [0.1, 0.15) is 45.2 Å². The Morgan fingerprint density at radius 3 is 1.76 bits per heavy atom. The molecule has 0 fully saturated rings. The SMILES string of the molecule is CCC(=O)[C@@H](Cc1cn(-n2cc(C[C@H](NC(C)S)C(=O)C(C)C)c3ccccc32)c2ccccc12)NC. The topological polar surface area (TPSA) is 68.1 Å². The van der Waals surface area contributed by atoms with Gasteiger partial charge in [-0.15, -0.1) is 0 Å². The van der Waals surface area contributed by atoms with E-state index in [4.69, 9.17) is 0 Å². The van der Waals surface area contributed by atoms with Crippen LogP contribution in [0.15, 0.2) is 60.9 Å². The Bertz CT molecular complexity index is 1400. The zero-order chi connectivity index (χ0) is 26.7. The Morgan fingerprint density at radius 1 is 0.838 bits per heavy atom. The van der Waals surface area contributed by atoms with Gasteiger partial charge in [0.15, 0.2) is 5.78 Å². The third kappa shape index (κ3) is 5.69. The number of aromatic nitrogens is 2. The van der Waals surface area contributed by atoms with Crippen LogP contribution in [0, 0.1) is 5.92 Å². The van der Waals surface area contributed by atoms with Crippen molar-refractivity contribution in [3.8, 4) is 0 Å². The predicted octanol–water partition coefficient (Wildman–Crippen LogP) is 5.02. The molecule has 0 aliphatic carbocycles. The Morgan fingerprint density at radius 2 is 1.32 bits per heavy atom. The monoisotopic (exact) mass is 518 g/mol. The molecular weight excluding hydrogens is 480 g/mol. The molecule has 4 aromatic rings. The second-order valence-electron chi connectivity index (χ2n) is 10.1. The normalized spacial score (nSPS) is 14.4. The molecule has 0 aliphatic heterocycles. The number of hydrogen-bond donors (Lipinski definition) is 3. The average Bonchev–Trinajstić information content (AvgIpc) is 3.44. The van der Waals surface area contributed by atoms with Gasteiger partial charge in [0.25, 0.3) is 0 Å². The number of carbonyl (C=O) groups is 2. The summed E-state index contributed by atoms with van der Waals surface area (Å²) < 4.78 is 4.32. The smallest absolute Gasteiger partial charge is 0.152 e. The van der Waals surface area contributed by atoms with Crippen molar-refractivity contribution in [2.24, 2.45) is 5.92 Å². The highest BCUT2D eigenvalue weighted by molar-refractivity contribution is 7.80. The standard InChI is InChI=1S/C30H38N4O2S/c1-6-29(35)25(31-5)15-21-17-33(27-13-9-7-11-23(21)27)34-18-22(24-12-8-10-14-28(24)34)16-26(32-20(4)37)30(36)19(2)3/h7-14,17-20,25-26,31-32,37H,6,15-16H2,1-5H3/t20?,25-,26+/m1/s1. The number of hydrogen-bond acceptors (Lipinski definition) is 5. The van der Waals surface area contributed by atoms with Gasteiger partial charge in [-0.2, -0.15) is 12.6 Å². The van der Waals surface area contributed by atoms with Crippen LogP contribution in [-0.4, -0.2) is 45.4 Å². The highest BCUT2D eigenvalue weighted by Crippen LogP contribution is 2.28. The van der Waals surface area contributed by atoms with Gasteiger partial charge in [0.05, 0.1) is 23.1 Å². The van der Waals surface area contributed by atoms with E-state index < -0.39 is 0 Å². The van der Waals surface area contributed by atoms with Crippen LogP contribution in [0.4, 0.5) is 0 Å². The fraction of sp³-hybridized carbons (Fsp3) is 0.400. The Labute approximate surface area is 224 Å². The molecule has 2 aromatic heterocycles. The summed E-state index contributed by atoms with van der Waals surface area (Å²) in [5, 5.41) is 8.71. The second kappa shape index (κ2) is 11.7. The maximum Gasteiger partial charge on any atom is 0.152 e. The molecule has 2 heterocycles. The van der Waals surface area contributed by atoms with Crippen molar-refractivity contribution in [1.29, 1.82) is 0 Å². The summed E-state index contributed by atoms with van der Waals surface area (Å²) in [7, 11) is 1.84. The number of rotatable bonds is 12. The third-order valence-corrected chi connectivity index (χ3v) is 7.22. The van der Waals surface area contributed by atoms with Gasteiger partial charge in [-0.05, 0) is 50.1 Å². The molecule has 0 saturated heterocycles. The fourth-order valence-electron chi connectivity index (χ4n) is 5.14. The van der Waals surface area contributed by atoms with Gasteiger partial charge in [0, 0.05) is 40.9 Å². The van der Waals surface area contributed by atoms with Crippen molar-refractivity contribution >= 4 is 46.0 Å². The lowest BCUT2D eigenvalue weighted by Gasteiger charge is -2.21. The molecule has 0 radical (unpaired) electrons. The van der Waals surface area contributed by atoms with Crippen LogP contribution in [0.2, 0.25) is 0 Å². The lowest BCUT2D eigenvalue weighted by atomic mass is 9.95. The van der Waals surface area contributed by atoms with E-state index in [0.717, 1.165) is 32.9 Å². The number of likely N-dealkylation sites (N-methyl/N-ethyl adjacent to an activating group) is 1. The maximum absolute atomic E-state index is 13.0. The van der Waals surface area contributed by atoms with Gasteiger partial charge in [-0.25, -0.2) is 0 Å². The first kappa shape index (κ1) is 27.2. The Hall–Kier alpha value is -2.87. The molecule has 6 nitrogen and oxygen atoms in total. The Balaban J connectivity index is 1.82. The summed E-state index contributed by atoms with van der Waals surface area (Å²) in [4.78, 5) is 25.5. The van der Waals surface area contributed by atoms with Gasteiger partial charge in [0.2, 0.25) is 0 Å². The van der Waals surface area contributed by atoms with Crippen LogP contribution >= 0.6 is 12.6 Å². The fourth-order valence-corrected chi connectivity index (χ4v) is 5.32. The molecule has 37 heavy (non-hydrogen) atoms. The second-order valence-corrected chi connectivity index (χ2v) is 10.8. The zero-order valence-corrected chi connectivity index (χ0v) is 23.3. The number of nitrogens with one attached hydrogen (secondary N) is 2. The molecule has 196 valence electrons. The lowest BCUT2D eigenvalue weighted by Crippen LogP contribution is -2.43. The van der Waals surface area contributed by atoms with Crippen LogP contribution < -0.4 is 10.6 Å². The minimum Gasteiger partial charge on any atom is -0.310 e. The molecule has 0 aliphatic rings. The number of para-hydroxylation sites is 2. The molecular formula is C30H38N4O2S. The molecule has 2 N–H and O–H groups in total. The number of thiol groups is 1. The Kier molecular flexibility index (Phi) is 8.57. The molecule has 0 bridgehead atoms. The van der Waals surface area contributed by atoms with E-state index in [1.807, 2.05) is 59.0 Å². The van der Waals surface area contributed by atoms with Gasteiger partial charge in [-0.1, -0.05) is 57.2 Å². The molecule has 1 unspecified atom stereocenters. The van der Waals surface area contributed by atoms with Gasteiger partial charge < -0.3 is 5.32 Å². The first-order chi connectivity index (χ1) is 17.7. The molecule has 0 saturated carbocycles. The minimum absolute atomic E-state index is 0.0696. The van der Waals surface area contributed by atoms with Gasteiger partial charge >= 0.3 is 0 Å². The number of ketones is 2. The quantitative estimate of drug-likeness (QED) is 0.182. The van der Waals surface area contributed by atoms with E-state index in [2.05, 4.69) is 69.3 Å². The van der Waals surface area contributed by atoms with Crippen LogP contribution in [0.3, 0.4) is 0 Å². The minimum atomic E-state index is -0.319. The summed E-state index contributed by atoms with van der Waals surface area (Å²) >= 11 is 4.50. The maximum atomic E-state index is 13.0. The summed E-state index contributed by atoms with van der Waals surface area (Å²) in [5.74, 6) is 0.324. The molecule has 3 atom stereocenters. The summed E-state index contributed by atoms with van der Waals surface area (Å²) in [5.41, 5.74) is 4.36. The number of Topliss-reactive ketones (excluding diaryl/α,β-unsaturated/α-hetero) is 2. The molecule has 2 aromatic carbocycles. The lowest BCUT2D eigenvalue weighted by molar-refractivity contribution is -0.124. The van der Waals surface area contributed by atoms with E-state index >= 15 is 0 Å². The summed E-state index contributed by atoms with van der Waals surface area (Å²) in [6.07, 6.45) is 5.98. The molecule has 0 spiro atoms. The molecule has 0 amide bonds. The van der Waals surface area contributed by atoms with Crippen molar-refractivity contribution < 1.29 is 9.59 Å². The van der Waals surface area contributed by atoms with Crippen molar-refractivity contribution in [2.45, 2.75) is 64.4 Å². The molecule has 4 rings (SSSR count).